The summed E-state index contributed by atoms with van der Waals surface area (Å²) in [6, 6.07) is 16.3. The summed E-state index contributed by atoms with van der Waals surface area (Å²) >= 11 is 0. The smallest absolute Gasteiger partial charge is 0.0965 e. The van der Waals surface area contributed by atoms with Gasteiger partial charge in [0.15, 0.2) is 0 Å². The summed E-state index contributed by atoms with van der Waals surface area (Å²) in [6.45, 7) is -0.128. The van der Waals surface area contributed by atoms with Crippen LogP contribution in [-0.4, -0.2) is 39.0 Å². The van der Waals surface area contributed by atoms with Crippen molar-refractivity contribution in [3.63, 3.8) is 0 Å². The van der Waals surface area contributed by atoms with Crippen LogP contribution in [0.25, 0.3) is 32.8 Å². The van der Waals surface area contributed by atoms with E-state index < -0.39 is 6.10 Å². The Bertz CT molecular complexity index is 1110. The van der Waals surface area contributed by atoms with E-state index in [4.69, 9.17) is 5.11 Å². The van der Waals surface area contributed by atoms with Gasteiger partial charge in [-0.3, -0.25) is 4.99 Å². The van der Waals surface area contributed by atoms with E-state index in [0.29, 0.717) is 0 Å². The molecule has 0 aliphatic rings. The maximum absolute atomic E-state index is 9.70. The van der Waals surface area contributed by atoms with Gasteiger partial charge >= 0.3 is 0 Å². The maximum atomic E-state index is 9.70. The number of aromatic nitrogens is 2. The van der Waals surface area contributed by atoms with Crippen LogP contribution in [0, 0.1) is 0 Å². The van der Waals surface area contributed by atoms with Crippen molar-refractivity contribution in [2.45, 2.75) is 6.10 Å². The molecule has 0 spiro atoms. The summed E-state index contributed by atoms with van der Waals surface area (Å²) in [7, 11) is 2.05. The third kappa shape index (κ3) is 2.21. The number of hydrogen-bond acceptors (Lipinski definition) is 3. The van der Waals surface area contributed by atoms with Crippen molar-refractivity contribution in [2.75, 3.05) is 13.2 Å². The van der Waals surface area contributed by atoms with Gasteiger partial charge < -0.3 is 19.8 Å². The quantitative estimate of drug-likeness (QED) is 0.540. The Balaban J connectivity index is 2.19. The highest BCUT2D eigenvalue weighted by atomic mass is 16.3. The van der Waals surface area contributed by atoms with Gasteiger partial charge in [-0.1, -0.05) is 36.4 Å². The average Bonchev–Trinajstić information content (AvgIpc) is 3.01. The second-order valence-corrected chi connectivity index (χ2v) is 6.00. The van der Waals surface area contributed by atoms with Crippen LogP contribution in [0.15, 0.2) is 53.5 Å². The molecule has 0 aliphatic carbocycles. The molecule has 2 aromatic carbocycles. The molecule has 0 unspecified atom stereocenters. The summed E-state index contributed by atoms with van der Waals surface area (Å²) in [6.07, 6.45) is -0.850. The van der Waals surface area contributed by atoms with Crippen molar-refractivity contribution in [1.82, 2.24) is 9.55 Å². The van der Waals surface area contributed by atoms with E-state index in [1.54, 1.807) is 0 Å². The van der Waals surface area contributed by atoms with Crippen LogP contribution in [0.5, 0.6) is 0 Å². The van der Waals surface area contributed by atoms with Gasteiger partial charge in [0.05, 0.1) is 41.2 Å². The van der Waals surface area contributed by atoms with Crippen LogP contribution in [0.4, 0.5) is 0 Å². The monoisotopic (exact) mass is 321 g/mol. The van der Waals surface area contributed by atoms with E-state index in [1.807, 2.05) is 36.4 Å². The predicted molar refractivity (Wildman–Crippen MR) is 95.8 cm³/mol. The minimum atomic E-state index is -0.850. The molecule has 4 rings (SSSR count). The zero-order chi connectivity index (χ0) is 16.7. The van der Waals surface area contributed by atoms with Crippen LogP contribution in [-0.2, 0) is 7.05 Å². The van der Waals surface area contributed by atoms with Crippen molar-refractivity contribution < 1.29 is 10.2 Å². The molecule has 0 bridgehead atoms. The topological polar surface area (TPSA) is 73.5 Å². The van der Waals surface area contributed by atoms with Crippen molar-refractivity contribution >= 4 is 32.8 Å². The standard InChI is InChI=1S/C19H19N3O2/c1-22-16-9-5-3-7-14(16)17(20-10-12(24)11-23)18-19(22)13-6-2-4-8-15(13)21-18/h2-9,12,21,23-24H,10-11H2,1H3/t12-/m0/s1. The Morgan fingerprint density at radius 1 is 1.08 bits per heavy atom. The zero-order valence-corrected chi connectivity index (χ0v) is 13.4. The van der Waals surface area contributed by atoms with E-state index in [9.17, 15) is 5.11 Å². The number of pyridine rings is 1. The van der Waals surface area contributed by atoms with Crippen molar-refractivity contribution in [1.29, 1.82) is 0 Å². The van der Waals surface area contributed by atoms with E-state index >= 15 is 0 Å². The molecule has 3 N–H and O–H groups in total. The number of benzene rings is 2. The molecular weight excluding hydrogens is 302 g/mol. The molecule has 5 nitrogen and oxygen atoms in total. The van der Waals surface area contributed by atoms with Gasteiger partial charge in [0.1, 0.15) is 0 Å². The minimum Gasteiger partial charge on any atom is -0.394 e. The Morgan fingerprint density at radius 2 is 1.79 bits per heavy atom. The van der Waals surface area contributed by atoms with Crippen molar-refractivity contribution in [3.8, 4) is 0 Å². The fourth-order valence-electron chi connectivity index (χ4n) is 3.29. The Hall–Kier alpha value is -2.63. The lowest BCUT2D eigenvalue weighted by Crippen LogP contribution is -2.19. The van der Waals surface area contributed by atoms with Crippen LogP contribution in [0.2, 0.25) is 0 Å². The molecular formula is C19H19N3O2. The molecule has 1 atom stereocenters. The summed E-state index contributed by atoms with van der Waals surface area (Å²) in [4.78, 5) is 8.08. The number of nitrogens with one attached hydrogen (secondary N) is 1. The zero-order valence-electron chi connectivity index (χ0n) is 13.4. The Morgan fingerprint density at radius 3 is 2.58 bits per heavy atom. The largest absolute Gasteiger partial charge is 0.394 e. The number of aliphatic hydroxyl groups is 2. The summed E-state index contributed by atoms with van der Waals surface area (Å²) in [5.74, 6) is 0. The fourth-order valence-corrected chi connectivity index (χ4v) is 3.29. The van der Waals surface area contributed by atoms with E-state index in [1.165, 1.54) is 0 Å². The first kappa shape index (κ1) is 14.9. The van der Waals surface area contributed by atoms with E-state index in [0.717, 1.165) is 38.2 Å². The number of hydrogen-bond donors (Lipinski definition) is 3. The van der Waals surface area contributed by atoms with Gasteiger partial charge in [0.2, 0.25) is 0 Å². The summed E-state index contributed by atoms with van der Waals surface area (Å²) < 4.78 is 2.17. The van der Waals surface area contributed by atoms with Crippen LogP contribution < -0.4 is 5.36 Å². The third-order valence-corrected chi connectivity index (χ3v) is 4.44. The minimum absolute atomic E-state index is 0.165. The number of para-hydroxylation sites is 2. The number of rotatable bonds is 3. The van der Waals surface area contributed by atoms with Crippen molar-refractivity contribution in [3.05, 3.63) is 53.9 Å². The molecule has 0 saturated heterocycles. The van der Waals surface area contributed by atoms with Gasteiger partial charge in [-0.15, -0.1) is 0 Å². The number of aryl methyl sites for hydroxylation is 1. The Labute approximate surface area is 138 Å². The lowest BCUT2D eigenvalue weighted by Gasteiger charge is -2.10. The van der Waals surface area contributed by atoms with Crippen molar-refractivity contribution in [2.24, 2.45) is 12.0 Å². The van der Waals surface area contributed by atoms with Gasteiger partial charge in [0, 0.05) is 23.3 Å². The normalized spacial score (nSPS) is 14.0. The number of nitrogens with zero attached hydrogens (tertiary/aromatic N) is 2. The highest BCUT2D eigenvalue weighted by Gasteiger charge is 2.12. The molecule has 0 amide bonds. The molecule has 0 aliphatic heterocycles. The first-order chi connectivity index (χ1) is 11.7. The van der Waals surface area contributed by atoms with Gasteiger partial charge in [-0.2, -0.15) is 0 Å². The molecule has 0 saturated carbocycles. The van der Waals surface area contributed by atoms with Crippen LogP contribution in [0.3, 0.4) is 0 Å². The van der Waals surface area contributed by atoms with Gasteiger partial charge in [-0.25, -0.2) is 0 Å². The second kappa shape index (κ2) is 5.78. The average molecular weight is 321 g/mol. The first-order valence-electron chi connectivity index (χ1n) is 7.98. The second-order valence-electron chi connectivity index (χ2n) is 6.00. The predicted octanol–water partition coefficient (Wildman–Crippen LogP) is 2.07. The van der Waals surface area contributed by atoms with Gasteiger partial charge in [-0.05, 0) is 12.1 Å². The van der Waals surface area contributed by atoms with Crippen LogP contribution in [0.1, 0.15) is 0 Å². The highest BCUT2D eigenvalue weighted by Crippen LogP contribution is 2.26. The lowest BCUT2D eigenvalue weighted by molar-refractivity contribution is 0.102. The molecule has 5 heteroatoms. The molecule has 2 aromatic heterocycles. The van der Waals surface area contributed by atoms with E-state index in [-0.39, 0.29) is 13.2 Å². The molecule has 0 fully saturated rings. The number of aromatic amines is 1. The first-order valence-corrected chi connectivity index (χ1v) is 7.98. The maximum Gasteiger partial charge on any atom is 0.0965 e. The lowest BCUT2D eigenvalue weighted by atomic mass is 10.1. The highest BCUT2D eigenvalue weighted by molar-refractivity contribution is 6.08. The number of aliphatic hydroxyl groups excluding tert-OH is 2. The Kier molecular flexibility index (Phi) is 3.59. The van der Waals surface area contributed by atoms with Gasteiger partial charge in [0.25, 0.3) is 0 Å². The fraction of sp³-hybridized carbons (Fsp3) is 0.211. The van der Waals surface area contributed by atoms with E-state index in [2.05, 4.69) is 33.7 Å². The molecule has 122 valence electrons. The van der Waals surface area contributed by atoms with Crippen LogP contribution >= 0.6 is 0 Å². The SMILES string of the molecule is Cn1c2ccccc2c(=NC[C@H](O)CO)c2[nH]c3ccccc3c21. The number of fused-ring (bicyclic) bond motifs is 4. The summed E-state index contributed by atoms with van der Waals surface area (Å²) in [5, 5.41) is 21.8. The molecule has 2 heterocycles. The molecule has 4 aromatic rings. The number of H-pyrrole nitrogens is 1. The summed E-state index contributed by atoms with van der Waals surface area (Å²) in [5.41, 5.74) is 4.16. The third-order valence-electron chi connectivity index (χ3n) is 4.44. The molecule has 0 radical (unpaired) electrons. The molecule has 24 heavy (non-hydrogen) atoms.